The Morgan fingerprint density at radius 1 is 1.29 bits per heavy atom. The fourth-order valence-electron chi connectivity index (χ4n) is 3.23. The number of fused-ring (bicyclic) bond motifs is 1. The van der Waals surface area contributed by atoms with Crippen LogP contribution in [0.15, 0.2) is 51.9 Å². The number of aliphatic hydroxyl groups excluding tert-OH is 1. The number of carbonyl (C=O) groups is 1. The summed E-state index contributed by atoms with van der Waals surface area (Å²) in [6.07, 6.45) is 1.61. The third-order valence-electron chi connectivity index (χ3n) is 4.78. The number of rotatable bonds is 7. The van der Waals surface area contributed by atoms with Crippen molar-refractivity contribution in [1.29, 1.82) is 0 Å². The Bertz CT molecular complexity index is 1240. The Hall–Kier alpha value is -3.53. The standard InChI is InChI=1S/C21H21N5O4S/c1-4-26-19(13-9-10-30-12(13)2)24-25-21(26)31-11-16(27)17(20(28)29-3)18-22-14-7-5-6-8-15(14)23-18/h5-10,27H,4,11H2,1-3H3,(H,22,23)/b17-16+. The number of imidazole rings is 1. The average Bonchev–Trinajstić information content (AvgIpc) is 3.49. The maximum atomic E-state index is 12.4. The molecular weight excluding hydrogens is 418 g/mol. The van der Waals surface area contributed by atoms with Gasteiger partial charge in [-0.1, -0.05) is 23.9 Å². The molecule has 4 rings (SSSR count). The molecule has 10 heteroatoms. The van der Waals surface area contributed by atoms with Crippen molar-refractivity contribution >= 4 is 34.3 Å². The maximum absolute atomic E-state index is 12.4. The van der Waals surface area contributed by atoms with E-state index >= 15 is 0 Å². The van der Waals surface area contributed by atoms with Crippen LogP contribution in [0.1, 0.15) is 18.5 Å². The molecule has 0 spiro atoms. The topological polar surface area (TPSA) is 119 Å². The van der Waals surface area contributed by atoms with Gasteiger partial charge >= 0.3 is 5.97 Å². The van der Waals surface area contributed by atoms with E-state index in [1.54, 1.807) is 6.26 Å². The third-order valence-corrected chi connectivity index (χ3v) is 5.75. The van der Waals surface area contributed by atoms with Gasteiger partial charge in [-0.25, -0.2) is 9.78 Å². The van der Waals surface area contributed by atoms with Crippen molar-refractivity contribution in [3.05, 3.63) is 53.9 Å². The molecule has 3 heterocycles. The van der Waals surface area contributed by atoms with Gasteiger partial charge in [-0.2, -0.15) is 0 Å². The van der Waals surface area contributed by atoms with Gasteiger partial charge in [0, 0.05) is 6.54 Å². The first kappa shape index (κ1) is 20.7. The summed E-state index contributed by atoms with van der Waals surface area (Å²) in [4.78, 5) is 19.9. The smallest absolute Gasteiger partial charge is 0.345 e. The second kappa shape index (κ2) is 8.68. The number of ether oxygens (including phenoxy) is 1. The first-order valence-corrected chi connectivity index (χ1v) is 10.6. The molecule has 1 aromatic carbocycles. The van der Waals surface area contributed by atoms with Gasteiger partial charge in [0.25, 0.3) is 0 Å². The number of hydrogen-bond acceptors (Lipinski definition) is 8. The van der Waals surface area contributed by atoms with Crippen molar-refractivity contribution in [2.24, 2.45) is 0 Å². The number of furan rings is 1. The molecule has 0 aliphatic heterocycles. The number of thioether (sulfide) groups is 1. The molecule has 0 aliphatic rings. The van der Waals surface area contributed by atoms with Gasteiger partial charge in [0.1, 0.15) is 22.9 Å². The molecule has 0 radical (unpaired) electrons. The lowest BCUT2D eigenvalue weighted by Crippen LogP contribution is -2.10. The van der Waals surface area contributed by atoms with E-state index in [0.29, 0.717) is 23.0 Å². The van der Waals surface area contributed by atoms with Crippen LogP contribution in [-0.2, 0) is 16.1 Å². The molecule has 0 amide bonds. The fourth-order valence-corrected chi connectivity index (χ4v) is 4.11. The fraction of sp³-hybridized carbons (Fsp3) is 0.238. The molecule has 0 atom stereocenters. The van der Waals surface area contributed by atoms with Crippen molar-refractivity contribution in [2.75, 3.05) is 12.9 Å². The zero-order chi connectivity index (χ0) is 22.0. The van der Waals surface area contributed by atoms with E-state index in [-0.39, 0.29) is 22.9 Å². The van der Waals surface area contributed by atoms with Crippen LogP contribution in [0.25, 0.3) is 28.0 Å². The molecule has 0 unspecified atom stereocenters. The van der Waals surface area contributed by atoms with Crippen LogP contribution in [0.2, 0.25) is 0 Å². The van der Waals surface area contributed by atoms with E-state index in [4.69, 9.17) is 9.15 Å². The Balaban J connectivity index is 1.65. The normalized spacial score (nSPS) is 12.2. The highest BCUT2D eigenvalue weighted by Gasteiger charge is 2.23. The molecule has 9 nitrogen and oxygen atoms in total. The van der Waals surface area contributed by atoms with Crippen LogP contribution in [-0.4, -0.2) is 48.7 Å². The number of aliphatic hydroxyl groups is 1. The molecule has 0 saturated heterocycles. The Morgan fingerprint density at radius 3 is 2.77 bits per heavy atom. The molecule has 0 fully saturated rings. The number of H-pyrrole nitrogens is 1. The largest absolute Gasteiger partial charge is 0.510 e. The molecule has 160 valence electrons. The van der Waals surface area contributed by atoms with Crippen molar-refractivity contribution in [3.63, 3.8) is 0 Å². The summed E-state index contributed by atoms with van der Waals surface area (Å²) < 4.78 is 12.2. The number of nitrogens with one attached hydrogen (secondary N) is 1. The summed E-state index contributed by atoms with van der Waals surface area (Å²) in [5.74, 6) is 0.929. The first-order valence-electron chi connectivity index (χ1n) is 9.59. The highest BCUT2D eigenvalue weighted by molar-refractivity contribution is 7.99. The zero-order valence-corrected chi connectivity index (χ0v) is 18.1. The van der Waals surface area contributed by atoms with E-state index in [2.05, 4.69) is 20.2 Å². The van der Waals surface area contributed by atoms with E-state index in [0.717, 1.165) is 16.8 Å². The molecule has 3 aromatic heterocycles. The van der Waals surface area contributed by atoms with Gasteiger partial charge in [-0.3, -0.25) is 0 Å². The second-order valence-corrected chi connectivity index (χ2v) is 7.59. The number of aromatic nitrogens is 5. The van der Waals surface area contributed by atoms with Crippen LogP contribution in [0.4, 0.5) is 0 Å². The summed E-state index contributed by atoms with van der Waals surface area (Å²) in [7, 11) is 1.26. The summed E-state index contributed by atoms with van der Waals surface area (Å²) >= 11 is 1.26. The predicted octanol–water partition coefficient (Wildman–Crippen LogP) is 3.98. The molecule has 0 bridgehead atoms. The minimum atomic E-state index is -0.677. The van der Waals surface area contributed by atoms with Crippen LogP contribution < -0.4 is 0 Å². The number of esters is 1. The lowest BCUT2D eigenvalue weighted by molar-refractivity contribution is -0.133. The van der Waals surface area contributed by atoms with Crippen LogP contribution in [0, 0.1) is 6.92 Å². The molecule has 4 aromatic rings. The first-order chi connectivity index (χ1) is 15.0. The van der Waals surface area contributed by atoms with Crippen molar-refractivity contribution in [2.45, 2.75) is 25.5 Å². The van der Waals surface area contributed by atoms with Gasteiger partial charge in [-0.15, -0.1) is 10.2 Å². The number of benzene rings is 1. The SMILES string of the molecule is CCn1c(SC/C(O)=C(\C(=O)OC)c2nc3ccccc3[nH]2)nnc1-c1ccoc1C. The third kappa shape index (κ3) is 3.93. The summed E-state index contributed by atoms with van der Waals surface area (Å²) in [6, 6.07) is 9.21. The molecule has 0 aliphatic carbocycles. The van der Waals surface area contributed by atoms with E-state index in [1.807, 2.05) is 48.7 Å². The number of aryl methyl sites for hydroxylation is 1. The number of aromatic amines is 1. The monoisotopic (exact) mass is 439 g/mol. The minimum Gasteiger partial charge on any atom is -0.510 e. The Morgan fingerprint density at radius 2 is 2.10 bits per heavy atom. The molecule has 31 heavy (non-hydrogen) atoms. The highest BCUT2D eigenvalue weighted by Crippen LogP contribution is 2.29. The summed E-state index contributed by atoms with van der Waals surface area (Å²) in [5.41, 5.74) is 2.29. The minimum absolute atomic E-state index is 0.0142. The lowest BCUT2D eigenvalue weighted by atomic mass is 10.2. The number of para-hydroxylation sites is 2. The van der Waals surface area contributed by atoms with Gasteiger partial charge in [-0.05, 0) is 32.0 Å². The zero-order valence-electron chi connectivity index (χ0n) is 17.2. The predicted molar refractivity (Wildman–Crippen MR) is 117 cm³/mol. The van der Waals surface area contributed by atoms with E-state index in [9.17, 15) is 9.90 Å². The quantitative estimate of drug-likeness (QED) is 0.192. The van der Waals surface area contributed by atoms with Crippen LogP contribution >= 0.6 is 11.8 Å². The molecular formula is C21H21N5O4S. The lowest BCUT2D eigenvalue weighted by Gasteiger charge is -2.08. The molecule has 0 saturated carbocycles. The maximum Gasteiger partial charge on any atom is 0.345 e. The van der Waals surface area contributed by atoms with Gasteiger partial charge < -0.3 is 23.8 Å². The van der Waals surface area contributed by atoms with Crippen LogP contribution in [0.3, 0.4) is 0 Å². The van der Waals surface area contributed by atoms with Gasteiger partial charge in [0.05, 0.1) is 35.7 Å². The summed E-state index contributed by atoms with van der Waals surface area (Å²) in [6.45, 7) is 4.48. The van der Waals surface area contributed by atoms with Crippen LogP contribution in [0.5, 0.6) is 0 Å². The highest BCUT2D eigenvalue weighted by atomic mass is 32.2. The number of nitrogens with zero attached hydrogens (tertiary/aromatic N) is 4. The van der Waals surface area contributed by atoms with Gasteiger partial charge in [0.15, 0.2) is 11.0 Å². The molecule has 2 N–H and O–H groups in total. The van der Waals surface area contributed by atoms with Gasteiger partial charge in [0.2, 0.25) is 0 Å². The summed E-state index contributed by atoms with van der Waals surface area (Å²) in [5, 5.41) is 19.9. The number of methoxy groups -OCH3 is 1. The van der Waals surface area contributed by atoms with Crippen molar-refractivity contribution in [3.8, 4) is 11.4 Å². The second-order valence-electron chi connectivity index (χ2n) is 6.65. The van der Waals surface area contributed by atoms with E-state index in [1.165, 1.54) is 18.9 Å². The number of carbonyl (C=O) groups excluding carboxylic acids is 1. The van der Waals surface area contributed by atoms with E-state index < -0.39 is 5.97 Å². The van der Waals surface area contributed by atoms with Crippen molar-refractivity contribution in [1.82, 2.24) is 24.7 Å². The Kier molecular flexibility index (Phi) is 5.81. The average molecular weight is 439 g/mol. The number of hydrogen-bond donors (Lipinski definition) is 2. The Labute approximate surface area is 182 Å². The van der Waals surface area contributed by atoms with Crippen molar-refractivity contribution < 1.29 is 19.1 Å².